The Morgan fingerprint density at radius 3 is 1.68 bits per heavy atom. The van der Waals surface area contributed by atoms with Gasteiger partial charge in [-0.3, -0.25) is 14.5 Å². The zero-order chi connectivity index (χ0) is 42.8. The topological polar surface area (TPSA) is 131 Å². The van der Waals surface area contributed by atoms with E-state index in [-0.39, 0.29) is 42.0 Å². The number of rotatable bonds is 9. The van der Waals surface area contributed by atoms with Gasteiger partial charge in [0, 0.05) is 32.1 Å². The third kappa shape index (κ3) is 8.93. The molecule has 3 aromatic carbocycles. The van der Waals surface area contributed by atoms with Gasteiger partial charge in [-0.25, -0.2) is 14.8 Å². The maximum atomic E-state index is 14.4. The van der Waals surface area contributed by atoms with Crippen LogP contribution in [0.25, 0.3) is 33.6 Å². The Morgan fingerprint density at radius 1 is 0.613 bits per heavy atom. The molecule has 0 radical (unpaired) electrons. The van der Waals surface area contributed by atoms with Crippen LogP contribution in [-0.4, -0.2) is 102 Å². The van der Waals surface area contributed by atoms with E-state index in [1.807, 2.05) is 56.3 Å². The fraction of sp³-hybridized carbons (Fsp3) is 0.460. The van der Waals surface area contributed by atoms with Gasteiger partial charge in [0.1, 0.15) is 23.3 Å². The number of carbonyl (C=O) groups excluding carboxylic acids is 3. The third-order valence-electron chi connectivity index (χ3n) is 13.2. The molecule has 62 heavy (non-hydrogen) atoms. The number of H-pyrrole nitrogens is 2. The zero-order valence-corrected chi connectivity index (χ0v) is 36.4. The summed E-state index contributed by atoms with van der Waals surface area (Å²) in [6.45, 7) is 10.0. The van der Waals surface area contributed by atoms with Crippen molar-refractivity contribution in [3.05, 3.63) is 108 Å². The van der Waals surface area contributed by atoms with Crippen molar-refractivity contribution in [1.82, 2.24) is 39.5 Å². The van der Waals surface area contributed by atoms with Crippen LogP contribution in [0, 0.1) is 5.92 Å². The molecule has 2 aromatic heterocycles. The second kappa shape index (κ2) is 17.9. The van der Waals surface area contributed by atoms with Gasteiger partial charge in [-0.05, 0) is 113 Å². The molecule has 324 valence electrons. The van der Waals surface area contributed by atoms with Crippen molar-refractivity contribution in [1.29, 1.82) is 0 Å². The zero-order valence-electron chi connectivity index (χ0n) is 36.4. The monoisotopic (exact) mass is 836 g/mol. The van der Waals surface area contributed by atoms with E-state index >= 15 is 0 Å². The van der Waals surface area contributed by atoms with Gasteiger partial charge in [0.15, 0.2) is 0 Å². The number of piperidine rings is 2. The molecule has 4 aliphatic rings. The molecule has 0 bridgehead atoms. The number of amides is 3. The molecule has 0 unspecified atom stereocenters. The van der Waals surface area contributed by atoms with Crippen LogP contribution in [0.15, 0.2) is 91.3 Å². The molecule has 0 spiro atoms. The van der Waals surface area contributed by atoms with Crippen LogP contribution < -0.4 is 0 Å². The predicted molar refractivity (Wildman–Crippen MR) is 240 cm³/mol. The standard InChI is InChI=1S/C50H60N8O4/c1-50(2,3)62-49(61)56-30-24-39(25-31-56)47(59)57-28-10-14-42(57)45-51-32-40(53-45)36-20-16-34(17-21-36)35-18-22-37(23-19-35)41-33-52-46(54-41)43-15-11-29-58(43)48(60)44(38-12-6-4-7-13-38)55-26-8-5-9-27-55/h4,6-7,12-13,16-23,32-33,39,42-44H,5,8-11,14-15,24-31H2,1-3H3,(H,51,53)(H,52,54)/t42-,43-,44+/m0/s1. The number of benzene rings is 3. The van der Waals surface area contributed by atoms with Crippen molar-refractivity contribution < 1.29 is 19.1 Å². The van der Waals surface area contributed by atoms with Gasteiger partial charge in [-0.15, -0.1) is 0 Å². The number of likely N-dealkylation sites (tertiary alicyclic amines) is 4. The molecular formula is C50H60N8O4. The lowest BCUT2D eigenvalue weighted by Crippen LogP contribution is -2.45. The predicted octanol–water partition coefficient (Wildman–Crippen LogP) is 9.34. The Bertz CT molecular complexity index is 2320. The summed E-state index contributed by atoms with van der Waals surface area (Å²) in [6, 6.07) is 26.9. The molecule has 5 aromatic rings. The van der Waals surface area contributed by atoms with Crippen molar-refractivity contribution in [3.63, 3.8) is 0 Å². The minimum absolute atomic E-state index is 0.0717. The second-order valence-electron chi connectivity index (χ2n) is 18.5. The van der Waals surface area contributed by atoms with Crippen LogP contribution in [0.3, 0.4) is 0 Å². The fourth-order valence-electron chi connectivity index (χ4n) is 9.97. The number of hydrogen-bond donors (Lipinski definition) is 2. The lowest BCUT2D eigenvalue weighted by Gasteiger charge is -2.37. The molecule has 12 nitrogen and oxygen atoms in total. The maximum absolute atomic E-state index is 14.4. The maximum Gasteiger partial charge on any atom is 0.410 e. The number of nitrogens with zero attached hydrogens (tertiary/aromatic N) is 6. The molecule has 6 heterocycles. The molecule has 0 aliphatic carbocycles. The quantitative estimate of drug-likeness (QED) is 0.151. The van der Waals surface area contributed by atoms with Gasteiger partial charge in [0.05, 0.1) is 35.9 Å². The Morgan fingerprint density at radius 2 is 1.13 bits per heavy atom. The van der Waals surface area contributed by atoms with E-state index in [0.29, 0.717) is 25.9 Å². The minimum Gasteiger partial charge on any atom is -0.444 e. The molecule has 2 N–H and O–H groups in total. The van der Waals surface area contributed by atoms with Gasteiger partial charge in [0.25, 0.3) is 0 Å². The summed E-state index contributed by atoms with van der Waals surface area (Å²) < 4.78 is 5.55. The van der Waals surface area contributed by atoms with E-state index in [9.17, 15) is 14.4 Å². The number of ether oxygens (including phenoxy) is 1. The first-order valence-electron chi connectivity index (χ1n) is 22.8. The first-order chi connectivity index (χ1) is 30.1. The number of hydrogen-bond acceptors (Lipinski definition) is 7. The normalized spacial score (nSPS) is 20.7. The number of imidazole rings is 2. The summed E-state index contributed by atoms with van der Waals surface area (Å²) in [5.74, 6) is 1.90. The summed E-state index contributed by atoms with van der Waals surface area (Å²) in [4.78, 5) is 65.6. The number of aromatic nitrogens is 4. The van der Waals surface area contributed by atoms with E-state index in [4.69, 9.17) is 14.7 Å². The number of nitrogens with one attached hydrogen (secondary N) is 2. The van der Waals surface area contributed by atoms with Crippen LogP contribution in [0.5, 0.6) is 0 Å². The molecule has 4 fully saturated rings. The summed E-state index contributed by atoms with van der Waals surface area (Å²) >= 11 is 0. The first kappa shape index (κ1) is 41.6. The third-order valence-corrected chi connectivity index (χ3v) is 13.2. The van der Waals surface area contributed by atoms with Gasteiger partial charge in [-0.2, -0.15) is 0 Å². The summed E-state index contributed by atoms with van der Waals surface area (Å²) in [6.07, 6.45) is 11.9. The highest BCUT2D eigenvalue weighted by Crippen LogP contribution is 2.38. The summed E-state index contributed by atoms with van der Waals surface area (Å²) in [5.41, 5.74) is 6.70. The molecule has 9 rings (SSSR count). The van der Waals surface area contributed by atoms with E-state index in [1.165, 1.54) is 6.42 Å². The van der Waals surface area contributed by atoms with Crippen LogP contribution in [0.1, 0.15) is 114 Å². The largest absolute Gasteiger partial charge is 0.444 e. The molecule has 3 amide bonds. The minimum atomic E-state index is -0.540. The number of carbonyl (C=O) groups is 3. The van der Waals surface area contributed by atoms with Crippen LogP contribution in [0.4, 0.5) is 4.79 Å². The highest BCUT2D eigenvalue weighted by Gasteiger charge is 2.40. The SMILES string of the molecule is CC(C)(C)OC(=O)N1CCC(C(=O)N2CCC[C@H]2c2ncc(-c3ccc(-c4ccc(-c5cnc([C@@H]6CCCN6C(=O)[C@@H](c6ccccc6)N6CCCCC6)[nH]5)cc4)cc3)[nH]2)CC1. The molecule has 3 atom stereocenters. The van der Waals surface area contributed by atoms with E-state index in [2.05, 4.69) is 80.4 Å². The Kier molecular flexibility index (Phi) is 12.0. The van der Waals surface area contributed by atoms with Crippen LogP contribution in [0.2, 0.25) is 0 Å². The number of aromatic amines is 2. The Hall–Kier alpha value is -5.75. The van der Waals surface area contributed by atoms with Gasteiger partial charge in [-0.1, -0.05) is 85.3 Å². The van der Waals surface area contributed by atoms with Crippen molar-refractivity contribution in [2.45, 2.75) is 102 Å². The van der Waals surface area contributed by atoms with Crippen molar-refractivity contribution in [3.8, 4) is 33.6 Å². The average molecular weight is 837 g/mol. The average Bonchev–Trinajstić information content (AvgIpc) is 4.14. The van der Waals surface area contributed by atoms with Crippen LogP contribution >= 0.6 is 0 Å². The van der Waals surface area contributed by atoms with Gasteiger partial charge in [0.2, 0.25) is 11.8 Å². The lowest BCUT2D eigenvalue weighted by atomic mass is 9.95. The van der Waals surface area contributed by atoms with E-state index in [0.717, 1.165) is 116 Å². The van der Waals surface area contributed by atoms with Crippen molar-refractivity contribution >= 4 is 17.9 Å². The molecular weight excluding hydrogens is 777 g/mol. The molecule has 4 aliphatic heterocycles. The fourth-order valence-corrected chi connectivity index (χ4v) is 9.97. The molecule has 12 heteroatoms. The summed E-state index contributed by atoms with van der Waals surface area (Å²) in [7, 11) is 0. The molecule has 4 saturated heterocycles. The van der Waals surface area contributed by atoms with E-state index in [1.54, 1.807) is 4.90 Å². The summed E-state index contributed by atoms with van der Waals surface area (Å²) in [5, 5.41) is 0. The Balaban J connectivity index is 0.821. The second-order valence-corrected chi connectivity index (χ2v) is 18.5. The smallest absolute Gasteiger partial charge is 0.410 e. The van der Waals surface area contributed by atoms with E-state index < -0.39 is 5.60 Å². The lowest BCUT2D eigenvalue weighted by molar-refractivity contribution is -0.139. The Labute approximate surface area is 365 Å². The highest BCUT2D eigenvalue weighted by molar-refractivity contribution is 5.84. The first-order valence-corrected chi connectivity index (χ1v) is 22.8. The van der Waals surface area contributed by atoms with Gasteiger partial charge >= 0.3 is 6.09 Å². The van der Waals surface area contributed by atoms with Gasteiger partial charge < -0.3 is 29.4 Å². The highest BCUT2D eigenvalue weighted by atomic mass is 16.6. The van der Waals surface area contributed by atoms with Crippen molar-refractivity contribution in [2.24, 2.45) is 5.92 Å². The molecule has 0 saturated carbocycles. The van der Waals surface area contributed by atoms with Crippen molar-refractivity contribution in [2.75, 3.05) is 39.3 Å². The van der Waals surface area contributed by atoms with Crippen LogP contribution in [-0.2, 0) is 14.3 Å².